The number of carbonyl (C=O) groups is 1. The molecule has 1 fully saturated rings. The molecule has 0 aliphatic carbocycles. The smallest absolute Gasteiger partial charge is 0.264 e. The third-order valence-corrected chi connectivity index (χ3v) is 5.11. The molecule has 1 aromatic carbocycles. The monoisotopic (exact) mass is 381 g/mol. The molecule has 0 aromatic heterocycles. The van der Waals surface area contributed by atoms with E-state index in [9.17, 15) is 13.2 Å². The van der Waals surface area contributed by atoms with Gasteiger partial charge in [-0.15, -0.1) is 0 Å². The zero-order chi connectivity index (χ0) is 13.2. The third kappa shape index (κ3) is 3.21. The lowest BCUT2D eigenvalue weighted by atomic mass is 10.2. The van der Waals surface area contributed by atoms with E-state index in [2.05, 4.69) is 27.3 Å². The second kappa shape index (κ2) is 5.54. The zero-order valence-electron chi connectivity index (χ0n) is 9.43. The fourth-order valence-corrected chi connectivity index (χ4v) is 3.21. The van der Waals surface area contributed by atoms with Crippen LogP contribution in [0.1, 0.15) is 16.8 Å². The largest absolute Gasteiger partial charge is 0.380 e. The van der Waals surface area contributed by atoms with Crippen LogP contribution in [0.15, 0.2) is 24.3 Å². The molecule has 1 heterocycles. The first-order chi connectivity index (χ1) is 8.49. The average Bonchev–Trinajstić information content (AvgIpc) is 2.83. The molecular formula is C11H12INO4S. The maximum absolute atomic E-state index is 11.9. The summed E-state index contributed by atoms with van der Waals surface area (Å²) in [5, 5.41) is -0.634. The van der Waals surface area contributed by atoms with E-state index in [1.807, 2.05) is 0 Å². The Morgan fingerprint density at radius 2 is 2.00 bits per heavy atom. The van der Waals surface area contributed by atoms with Crippen molar-refractivity contribution in [3.05, 3.63) is 33.4 Å². The highest BCUT2D eigenvalue weighted by Crippen LogP contribution is 2.13. The van der Waals surface area contributed by atoms with E-state index in [0.29, 0.717) is 18.6 Å². The number of hydrogen-bond acceptors (Lipinski definition) is 4. The predicted octanol–water partition coefficient (Wildman–Crippen LogP) is 1.14. The molecule has 7 heteroatoms. The number of carbonyl (C=O) groups excluding carboxylic acids is 1. The molecule has 2 rings (SSSR count). The Labute approximate surface area is 119 Å². The third-order valence-electron chi connectivity index (χ3n) is 2.67. The van der Waals surface area contributed by atoms with Crippen LogP contribution >= 0.6 is 22.6 Å². The average molecular weight is 381 g/mol. The minimum absolute atomic E-state index is 0.148. The molecule has 0 spiro atoms. The van der Waals surface area contributed by atoms with Gasteiger partial charge in [0.1, 0.15) is 5.25 Å². The van der Waals surface area contributed by atoms with Crippen LogP contribution in [0.2, 0.25) is 0 Å². The predicted molar refractivity (Wildman–Crippen MR) is 74.8 cm³/mol. The molecule has 1 saturated heterocycles. The maximum Gasteiger partial charge on any atom is 0.264 e. The quantitative estimate of drug-likeness (QED) is 0.798. The Kier molecular flexibility index (Phi) is 4.23. The molecule has 0 radical (unpaired) electrons. The van der Waals surface area contributed by atoms with Gasteiger partial charge in [-0.3, -0.25) is 4.79 Å². The molecule has 18 heavy (non-hydrogen) atoms. The number of hydrogen-bond donors (Lipinski definition) is 1. The molecule has 1 amide bonds. The van der Waals surface area contributed by atoms with Crippen molar-refractivity contribution < 1.29 is 17.9 Å². The van der Waals surface area contributed by atoms with Crippen molar-refractivity contribution in [3.63, 3.8) is 0 Å². The van der Waals surface area contributed by atoms with Crippen LogP contribution in [-0.2, 0) is 14.8 Å². The lowest BCUT2D eigenvalue weighted by Gasteiger charge is -2.11. The first-order valence-corrected chi connectivity index (χ1v) is 8.01. The van der Waals surface area contributed by atoms with Gasteiger partial charge in [-0.25, -0.2) is 13.1 Å². The molecule has 0 saturated carbocycles. The van der Waals surface area contributed by atoms with Crippen LogP contribution in [0, 0.1) is 3.57 Å². The fraction of sp³-hybridized carbons (Fsp3) is 0.364. The summed E-state index contributed by atoms with van der Waals surface area (Å²) in [4.78, 5) is 11.8. The summed E-state index contributed by atoms with van der Waals surface area (Å²) in [5.74, 6) is -0.599. The molecule has 1 N–H and O–H groups in total. The first kappa shape index (κ1) is 13.8. The van der Waals surface area contributed by atoms with Gasteiger partial charge in [-0.05, 0) is 53.3 Å². The summed E-state index contributed by atoms with van der Waals surface area (Å²) in [5.41, 5.74) is 0.331. The minimum Gasteiger partial charge on any atom is -0.380 e. The number of ether oxygens (including phenoxy) is 1. The van der Waals surface area contributed by atoms with Crippen molar-refractivity contribution in [3.8, 4) is 0 Å². The second-order valence-corrected chi connectivity index (χ2v) is 7.18. The topological polar surface area (TPSA) is 72.5 Å². The first-order valence-electron chi connectivity index (χ1n) is 5.38. The molecule has 1 aliphatic heterocycles. The Balaban J connectivity index is 2.09. The van der Waals surface area contributed by atoms with Crippen molar-refractivity contribution in [2.75, 3.05) is 13.2 Å². The molecule has 5 nitrogen and oxygen atoms in total. The van der Waals surface area contributed by atoms with Crippen LogP contribution < -0.4 is 4.72 Å². The molecule has 98 valence electrons. The Bertz CT molecular complexity index is 535. The fourth-order valence-electron chi connectivity index (χ4n) is 1.63. The standard InChI is InChI=1S/C11H12INO4S/c12-9-3-1-8(2-4-9)11(14)13-18(15,16)10-5-6-17-7-10/h1-4,10H,5-7H2,(H,13,14). The maximum atomic E-state index is 11.9. The summed E-state index contributed by atoms with van der Waals surface area (Å²) in [6.07, 6.45) is 0.426. The van der Waals surface area contributed by atoms with E-state index >= 15 is 0 Å². The van der Waals surface area contributed by atoms with Gasteiger partial charge >= 0.3 is 0 Å². The zero-order valence-corrected chi connectivity index (χ0v) is 12.4. The van der Waals surface area contributed by atoms with Gasteiger partial charge in [0.2, 0.25) is 10.0 Å². The van der Waals surface area contributed by atoms with Crippen LogP contribution in [0.4, 0.5) is 0 Å². The molecule has 1 atom stereocenters. The normalized spacial score (nSPS) is 19.7. The van der Waals surface area contributed by atoms with E-state index in [0.717, 1.165) is 3.57 Å². The van der Waals surface area contributed by atoms with Gasteiger partial charge in [-0.1, -0.05) is 0 Å². The summed E-state index contributed by atoms with van der Waals surface area (Å²) >= 11 is 2.11. The van der Waals surface area contributed by atoms with Crippen LogP contribution in [0.3, 0.4) is 0 Å². The van der Waals surface area contributed by atoms with Crippen molar-refractivity contribution in [2.45, 2.75) is 11.7 Å². The lowest BCUT2D eigenvalue weighted by molar-refractivity contribution is 0.0981. The number of rotatable bonds is 3. The Morgan fingerprint density at radius 3 is 2.56 bits per heavy atom. The SMILES string of the molecule is O=C(NS(=O)(=O)C1CCOC1)c1ccc(I)cc1. The van der Waals surface area contributed by atoms with Crippen molar-refractivity contribution in [2.24, 2.45) is 0 Å². The summed E-state index contributed by atoms with van der Waals surface area (Å²) in [7, 11) is -3.64. The molecular weight excluding hydrogens is 369 g/mol. The van der Waals surface area contributed by atoms with E-state index < -0.39 is 21.2 Å². The van der Waals surface area contributed by atoms with E-state index in [1.165, 1.54) is 0 Å². The van der Waals surface area contributed by atoms with E-state index in [-0.39, 0.29) is 6.61 Å². The summed E-state index contributed by atoms with van der Waals surface area (Å²) in [6, 6.07) is 6.69. The van der Waals surface area contributed by atoms with Gasteiger partial charge in [0, 0.05) is 15.7 Å². The van der Waals surface area contributed by atoms with Gasteiger partial charge in [0.15, 0.2) is 0 Å². The molecule has 1 unspecified atom stereocenters. The van der Waals surface area contributed by atoms with E-state index in [1.54, 1.807) is 24.3 Å². The van der Waals surface area contributed by atoms with Crippen LogP contribution in [0.5, 0.6) is 0 Å². The van der Waals surface area contributed by atoms with Gasteiger partial charge in [-0.2, -0.15) is 0 Å². The highest BCUT2D eigenvalue weighted by atomic mass is 127. The van der Waals surface area contributed by atoms with Crippen molar-refractivity contribution in [1.29, 1.82) is 0 Å². The number of halogens is 1. The number of benzene rings is 1. The number of amides is 1. The molecule has 1 aliphatic rings. The van der Waals surface area contributed by atoms with E-state index in [4.69, 9.17) is 4.74 Å². The summed E-state index contributed by atoms with van der Waals surface area (Å²) < 4.78 is 31.8. The van der Waals surface area contributed by atoms with Crippen LogP contribution in [-0.4, -0.2) is 32.8 Å². The van der Waals surface area contributed by atoms with Gasteiger partial charge in [0.25, 0.3) is 5.91 Å². The van der Waals surface area contributed by atoms with Gasteiger partial charge < -0.3 is 4.74 Å². The molecule has 1 aromatic rings. The Hall–Kier alpha value is -0.670. The molecule has 0 bridgehead atoms. The highest BCUT2D eigenvalue weighted by molar-refractivity contribution is 14.1. The second-order valence-electron chi connectivity index (χ2n) is 3.97. The lowest BCUT2D eigenvalue weighted by Crippen LogP contribution is -2.38. The van der Waals surface area contributed by atoms with Crippen molar-refractivity contribution >= 4 is 38.5 Å². The highest BCUT2D eigenvalue weighted by Gasteiger charge is 2.31. The van der Waals surface area contributed by atoms with Crippen molar-refractivity contribution in [1.82, 2.24) is 4.72 Å². The number of sulfonamides is 1. The van der Waals surface area contributed by atoms with Gasteiger partial charge in [0.05, 0.1) is 6.61 Å². The summed E-state index contributed by atoms with van der Waals surface area (Å²) in [6.45, 7) is 0.568. The van der Waals surface area contributed by atoms with Crippen LogP contribution in [0.25, 0.3) is 0 Å². The number of nitrogens with one attached hydrogen (secondary N) is 1. The minimum atomic E-state index is -3.64. The Morgan fingerprint density at radius 1 is 1.33 bits per heavy atom.